The van der Waals surface area contributed by atoms with Crippen LogP contribution in [0.4, 0.5) is 4.39 Å². The summed E-state index contributed by atoms with van der Waals surface area (Å²) in [6, 6.07) is 8.93. The third-order valence-corrected chi connectivity index (χ3v) is 12.4. The molecule has 292 valence electrons. The van der Waals surface area contributed by atoms with Crippen molar-refractivity contribution in [3.63, 3.8) is 0 Å². The molecular weight excluding hydrogens is 732 g/mol. The number of hydrogen-bond acceptors (Lipinski definition) is 11. The highest BCUT2D eigenvalue weighted by atomic mass is 32.1. The minimum atomic E-state index is -0.385. The quantitative estimate of drug-likeness (QED) is 0.137. The van der Waals surface area contributed by atoms with Gasteiger partial charge in [0.15, 0.2) is 0 Å². The van der Waals surface area contributed by atoms with E-state index in [2.05, 4.69) is 34.0 Å². The molecule has 12 nitrogen and oxygen atoms in total. The number of morpholine rings is 1. The minimum Gasteiger partial charge on any atom is -0.506 e. The fourth-order valence-corrected chi connectivity index (χ4v) is 8.77. The molecule has 0 unspecified atom stereocenters. The van der Waals surface area contributed by atoms with Crippen LogP contribution in [-0.4, -0.2) is 120 Å². The first-order valence-electron chi connectivity index (χ1n) is 18.8. The lowest BCUT2D eigenvalue weighted by Crippen LogP contribution is -2.58. The van der Waals surface area contributed by atoms with Gasteiger partial charge in [-0.1, -0.05) is 49.4 Å². The lowest BCUT2D eigenvalue weighted by Gasteiger charge is -2.47. The molecule has 2 fully saturated rings. The van der Waals surface area contributed by atoms with E-state index in [9.17, 15) is 19.5 Å². The van der Waals surface area contributed by atoms with Crippen LogP contribution in [0.3, 0.4) is 0 Å². The molecule has 0 bridgehead atoms. The largest absolute Gasteiger partial charge is 0.506 e. The van der Waals surface area contributed by atoms with Crippen molar-refractivity contribution in [2.24, 2.45) is 0 Å². The number of halogens is 1. The van der Waals surface area contributed by atoms with Gasteiger partial charge in [0.1, 0.15) is 22.8 Å². The zero-order chi connectivity index (χ0) is 38.2. The van der Waals surface area contributed by atoms with E-state index >= 15 is 4.39 Å². The van der Waals surface area contributed by atoms with Crippen LogP contribution < -0.4 is 10.2 Å². The normalized spacial score (nSPS) is 16.1. The second-order valence-corrected chi connectivity index (χ2v) is 16.4. The van der Waals surface area contributed by atoms with E-state index in [1.54, 1.807) is 24.1 Å². The van der Waals surface area contributed by atoms with Crippen molar-refractivity contribution in [2.75, 3.05) is 72.7 Å². The number of likely N-dealkylation sites (tertiary alicyclic amines) is 1. The topological polar surface area (TPSA) is 140 Å². The van der Waals surface area contributed by atoms with Crippen molar-refractivity contribution >= 4 is 44.7 Å². The second kappa shape index (κ2) is 18.3. The summed E-state index contributed by atoms with van der Waals surface area (Å²) in [5.41, 5.74) is 2.83. The monoisotopic (exact) mass is 782 g/mol. The van der Waals surface area contributed by atoms with Gasteiger partial charge in [0.2, 0.25) is 5.91 Å². The number of rotatable bonds is 16. The molecule has 0 atom stereocenters. The molecule has 1 spiro atoms. The first kappa shape index (κ1) is 39.9. The highest BCUT2D eigenvalue weighted by Crippen LogP contribution is 2.32. The first-order chi connectivity index (χ1) is 26.0. The molecule has 2 amide bonds. The second-order valence-electron chi connectivity index (χ2n) is 14.5. The van der Waals surface area contributed by atoms with Gasteiger partial charge < -0.3 is 34.7 Å². The SMILES string of the molecule is CC(C)c1nc(C(=O)N2CCOC3(CCN(Cc4cccc(CCOCCC(=O)N(C)CCNCCc5ccc(O)c6[nH]c(=O)sc56)c4F)CC3)C2)cs1. The number of H-pyrrole nitrogens is 1. The molecule has 2 saturated heterocycles. The number of ether oxygens (including phenoxy) is 2. The molecule has 2 aliphatic heterocycles. The van der Waals surface area contributed by atoms with Gasteiger partial charge in [-0.3, -0.25) is 19.3 Å². The molecule has 4 heterocycles. The Morgan fingerprint density at radius 2 is 1.91 bits per heavy atom. The Hall–Kier alpha value is -3.73. The highest BCUT2D eigenvalue weighted by molar-refractivity contribution is 7.16. The van der Waals surface area contributed by atoms with E-state index in [-0.39, 0.29) is 52.8 Å². The number of aromatic nitrogens is 2. The zero-order valence-electron chi connectivity index (χ0n) is 31.3. The summed E-state index contributed by atoms with van der Waals surface area (Å²) in [5.74, 6) is 0.0882. The number of phenols is 1. The minimum absolute atomic E-state index is 0.0248. The predicted octanol–water partition coefficient (Wildman–Crippen LogP) is 4.76. The molecule has 2 aromatic heterocycles. The molecule has 6 rings (SSSR count). The molecule has 4 aromatic rings. The molecule has 0 saturated carbocycles. The van der Waals surface area contributed by atoms with Gasteiger partial charge in [0.25, 0.3) is 5.91 Å². The summed E-state index contributed by atoms with van der Waals surface area (Å²) in [6.45, 7) is 10.2. The number of benzene rings is 2. The van der Waals surface area contributed by atoms with Gasteiger partial charge in [-0.05, 0) is 49.4 Å². The van der Waals surface area contributed by atoms with E-state index < -0.39 is 0 Å². The molecule has 54 heavy (non-hydrogen) atoms. The Morgan fingerprint density at radius 3 is 2.69 bits per heavy atom. The van der Waals surface area contributed by atoms with Crippen LogP contribution in [0.1, 0.15) is 71.2 Å². The van der Waals surface area contributed by atoms with Gasteiger partial charge in [0.05, 0.1) is 48.1 Å². The molecule has 2 aliphatic rings. The number of carbonyl (C=O) groups is 2. The maximum Gasteiger partial charge on any atom is 0.305 e. The smallest absolute Gasteiger partial charge is 0.305 e. The highest BCUT2D eigenvalue weighted by Gasteiger charge is 2.41. The van der Waals surface area contributed by atoms with Crippen molar-refractivity contribution in [1.82, 2.24) is 30.0 Å². The van der Waals surface area contributed by atoms with Crippen LogP contribution in [-0.2, 0) is 33.7 Å². The van der Waals surface area contributed by atoms with Gasteiger partial charge in [-0.2, -0.15) is 0 Å². The number of aromatic amines is 1. The van der Waals surface area contributed by atoms with Crippen LogP contribution in [0.2, 0.25) is 0 Å². The van der Waals surface area contributed by atoms with Crippen molar-refractivity contribution < 1.29 is 28.6 Å². The third kappa shape index (κ3) is 9.92. The van der Waals surface area contributed by atoms with Crippen LogP contribution in [0.25, 0.3) is 10.2 Å². The van der Waals surface area contributed by atoms with Crippen LogP contribution in [0.15, 0.2) is 40.5 Å². The third-order valence-electron chi connectivity index (χ3n) is 10.3. The standard InChI is InChI=1S/C39H51FN6O6S2/c1-26(2)36-42-30(24-53-36)37(49)46-19-22-52-39(25-46)12-16-45(17-13-39)23-29-6-4-5-27(33(29)40)10-20-51-21-11-32(48)44(3)18-15-41-14-9-28-7-8-31(47)34-35(28)54-38(50)43-34/h4-8,24,26,41,47H,9-23,25H2,1-3H3,(H,43,50). The van der Waals surface area contributed by atoms with Crippen LogP contribution in [0, 0.1) is 5.82 Å². The number of carbonyl (C=O) groups excluding carboxylic acids is 2. The van der Waals surface area contributed by atoms with Gasteiger partial charge >= 0.3 is 4.87 Å². The number of thiazole rings is 2. The summed E-state index contributed by atoms with van der Waals surface area (Å²) in [7, 11) is 1.76. The Morgan fingerprint density at radius 1 is 1.11 bits per heavy atom. The molecule has 0 aliphatic carbocycles. The molecule has 2 aromatic carbocycles. The average molecular weight is 783 g/mol. The van der Waals surface area contributed by atoms with Gasteiger partial charge in [-0.25, -0.2) is 9.37 Å². The Bertz CT molecular complexity index is 1950. The zero-order valence-corrected chi connectivity index (χ0v) is 33.0. The predicted molar refractivity (Wildman–Crippen MR) is 209 cm³/mol. The van der Waals surface area contributed by atoms with Crippen LogP contribution >= 0.6 is 22.7 Å². The number of likely N-dealkylation sites (N-methyl/N-ethyl adjacent to an activating group) is 1. The fourth-order valence-electron chi connectivity index (χ4n) is 7.07. The Kier molecular flexibility index (Phi) is 13.5. The summed E-state index contributed by atoms with van der Waals surface area (Å²) in [5, 5.41) is 16.1. The Labute approximate surface area is 323 Å². The molecule has 3 N–H and O–H groups in total. The first-order valence-corrected chi connectivity index (χ1v) is 20.4. The van der Waals surface area contributed by atoms with Crippen molar-refractivity contribution in [1.29, 1.82) is 0 Å². The van der Waals surface area contributed by atoms with E-state index in [1.807, 2.05) is 28.5 Å². The lowest BCUT2D eigenvalue weighted by molar-refractivity contribution is -0.131. The van der Waals surface area contributed by atoms with E-state index in [0.717, 1.165) is 52.5 Å². The number of aromatic hydroxyl groups is 1. The number of amides is 2. The van der Waals surface area contributed by atoms with Gasteiger partial charge in [0, 0.05) is 63.2 Å². The van der Waals surface area contributed by atoms with Crippen LogP contribution in [0.5, 0.6) is 5.75 Å². The summed E-state index contributed by atoms with van der Waals surface area (Å²) in [6.07, 6.45) is 2.89. The molecule has 15 heteroatoms. The number of piperidine rings is 1. The lowest BCUT2D eigenvalue weighted by atomic mass is 9.89. The summed E-state index contributed by atoms with van der Waals surface area (Å²) in [4.78, 5) is 50.4. The van der Waals surface area contributed by atoms with E-state index in [4.69, 9.17) is 9.47 Å². The van der Waals surface area contributed by atoms with E-state index in [0.29, 0.717) is 87.7 Å². The molecule has 0 radical (unpaired) electrons. The maximum atomic E-state index is 15.6. The number of hydrogen-bond donors (Lipinski definition) is 3. The number of nitrogens with zero attached hydrogens (tertiary/aromatic N) is 4. The average Bonchev–Trinajstić information content (AvgIpc) is 3.82. The fraction of sp³-hybridized carbons (Fsp3) is 0.538. The summed E-state index contributed by atoms with van der Waals surface area (Å²) >= 11 is 2.62. The Balaban J connectivity index is 0.866. The summed E-state index contributed by atoms with van der Waals surface area (Å²) < 4.78 is 28.4. The van der Waals surface area contributed by atoms with E-state index in [1.165, 1.54) is 11.3 Å². The van der Waals surface area contributed by atoms with Gasteiger partial charge in [-0.15, -0.1) is 11.3 Å². The van der Waals surface area contributed by atoms with Crippen molar-refractivity contribution in [3.8, 4) is 5.75 Å². The number of fused-ring (bicyclic) bond motifs is 1. The number of phenolic OH excluding ortho intramolecular Hbond substituents is 1. The maximum absolute atomic E-state index is 15.6. The van der Waals surface area contributed by atoms with Crippen molar-refractivity contribution in [3.05, 3.63) is 78.6 Å². The molecular formula is C39H51FN6O6S2. The number of nitrogens with one attached hydrogen (secondary N) is 2. The van der Waals surface area contributed by atoms with Crippen molar-refractivity contribution in [2.45, 2.75) is 64.0 Å².